The Kier molecular flexibility index (Phi) is 7.11. The van der Waals surface area contributed by atoms with Crippen molar-refractivity contribution in [3.63, 3.8) is 0 Å². The van der Waals surface area contributed by atoms with Gasteiger partial charge in [-0.1, -0.05) is 0 Å². The van der Waals surface area contributed by atoms with Gasteiger partial charge in [0.1, 0.15) is 5.60 Å². The van der Waals surface area contributed by atoms with E-state index in [4.69, 9.17) is 0 Å². The summed E-state index contributed by atoms with van der Waals surface area (Å²) in [5, 5.41) is 2.42. The third kappa shape index (κ3) is 10.7. The van der Waals surface area contributed by atoms with E-state index in [1.807, 2.05) is 20.8 Å². The summed E-state index contributed by atoms with van der Waals surface area (Å²) < 4.78 is 30.6. The van der Waals surface area contributed by atoms with E-state index in [0.29, 0.717) is 13.0 Å². The lowest BCUT2D eigenvalue weighted by Gasteiger charge is -2.28. The summed E-state index contributed by atoms with van der Waals surface area (Å²) in [6.45, 7) is 6.56. The van der Waals surface area contributed by atoms with E-state index >= 15 is 0 Å². The van der Waals surface area contributed by atoms with E-state index in [9.17, 15) is 18.0 Å². The normalized spacial score (nSPS) is 20.4. The first-order chi connectivity index (χ1) is 8.93. The summed E-state index contributed by atoms with van der Waals surface area (Å²) in [4.78, 5) is 22.2. The molecule has 1 amide bonds. The topological polar surface area (TPSA) is 102 Å². The van der Waals surface area contributed by atoms with Crippen LogP contribution in [0.15, 0.2) is 0 Å². The first-order valence-electron chi connectivity index (χ1n) is 5.90. The number of rotatable bonds is 3. The molecule has 9 heteroatoms. The zero-order chi connectivity index (χ0) is 16.0. The Bertz CT molecular complexity index is 429. The van der Waals surface area contributed by atoms with E-state index in [0.717, 1.165) is 6.26 Å². The van der Waals surface area contributed by atoms with Gasteiger partial charge in [0, 0.05) is 6.54 Å². The lowest BCUT2D eigenvalue weighted by Crippen LogP contribution is -2.54. The Morgan fingerprint density at radius 1 is 1.40 bits per heavy atom. The van der Waals surface area contributed by atoms with Crippen molar-refractivity contribution in [1.29, 1.82) is 0 Å². The maximum absolute atomic E-state index is 10.9. The molecule has 0 saturated carbocycles. The Labute approximate surface area is 119 Å². The van der Waals surface area contributed by atoms with Gasteiger partial charge in [0.05, 0.1) is 12.8 Å². The van der Waals surface area contributed by atoms with E-state index in [1.54, 1.807) is 11.9 Å². The molecule has 118 valence electrons. The van der Waals surface area contributed by atoms with Crippen LogP contribution in [-0.4, -0.2) is 63.9 Å². The standard InChI is InChI=1S/C6H12N2O4S.C5H10O2/c1-8-3-5(9)7-6(4-8)12-13(2,10)11;1-5(2,3)7-4-6/h6H,3-4H2,1-2H3,(H,7,9);4H,1-3H3. The van der Waals surface area contributed by atoms with Crippen LogP contribution in [0, 0.1) is 0 Å². The van der Waals surface area contributed by atoms with Gasteiger partial charge in [0.25, 0.3) is 16.6 Å². The maximum Gasteiger partial charge on any atom is 0.293 e. The van der Waals surface area contributed by atoms with Gasteiger partial charge in [-0.15, -0.1) is 0 Å². The molecular weight excluding hydrogens is 288 g/mol. The number of carbonyl (C=O) groups excluding carboxylic acids is 2. The van der Waals surface area contributed by atoms with E-state index in [2.05, 4.69) is 14.2 Å². The van der Waals surface area contributed by atoms with Gasteiger partial charge in [-0.3, -0.25) is 14.5 Å². The third-order valence-electron chi connectivity index (χ3n) is 1.91. The average Bonchev–Trinajstić information content (AvgIpc) is 2.10. The number of amides is 1. The predicted octanol–water partition coefficient (Wildman–Crippen LogP) is -0.692. The zero-order valence-corrected chi connectivity index (χ0v) is 13.2. The molecule has 1 aliphatic rings. The molecule has 0 aromatic rings. The number of hydrogen-bond donors (Lipinski definition) is 1. The van der Waals surface area contributed by atoms with Crippen LogP contribution in [0.1, 0.15) is 20.8 Å². The van der Waals surface area contributed by atoms with Crippen molar-refractivity contribution in [1.82, 2.24) is 10.2 Å². The minimum Gasteiger partial charge on any atom is -0.462 e. The molecule has 1 unspecified atom stereocenters. The molecule has 8 nitrogen and oxygen atoms in total. The van der Waals surface area contributed by atoms with Crippen LogP contribution >= 0.6 is 0 Å². The fourth-order valence-electron chi connectivity index (χ4n) is 1.27. The van der Waals surface area contributed by atoms with Gasteiger partial charge in [-0.05, 0) is 27.8 Å². The number of nitrogens with zero attached hydrogens (tertiary/aromatic N) is 1. The van der Waals surface area contributed by atoms with Crippen LogP contribution in [-0.2, 0) is 28.6 Å². The van der Waals surface area contributed by atoms with Gasteiger partial charge < -0.3 is 10.1 Å². The second kappa shape index (κ2) is 7.55. The predicted molar refractivity (Wildman–Crippen MR) is 72.3 cm³/mol. The highest BCUT2D eigenvalue weighted by Gasteiger charge is 2.25. The van der Waals surface area contributed by atoms with Gasteiger partial charge in [-0.2, -0.15) is 8.42 Å². The largest absolute Gasteiger partial charge is 0.462 e. The summed E-state index contributed by atoms with van der Waals surface area (Å²) in [7, 11) is -1.79. The first kappa shape index (κ1) is 18.8. The van der Waals surface area contributed by atoms with Crippen LogP contribution < -0.4 is 5.32 Å². The minimum absolute atomic E-state index is 0.234. The molecule has 0 aliphatic carbocycles. The summed E-state index contributed by atoms with van der Waals surface area (Å²) in [5.41, 5.74) is -0.318. The molecule has 1 heterocycles. The number of carbonyl (C=O) groups is 2. The Hall–Kier alpha value is -1.19. The summed E-state index contributed by atoms with van der Waals surface area (Å²) >= 11 is 0. The average molecular weight is 310 g/mol. The van der Waals surface area contributed by atoms with Crippen LogP contribution in [0.5, 0.6) is 0 Å². The molecule has 1 atom stereocenters. The fraction of sp³-hybridized carbons (Fsp3) is 0.818. The van der Waals surface area contributed by atoms with Crippen LogP contribution in [0.2, 0.25) is 0 Å². The summed E-state index contributed by atoms with van der Waals surface area (Å²) in [5.74, 6) is -0.234. The second-order valence-corrected chi connectivity index (χ2v) is 6.98. The Morgan fingerprint density at radius 2 is 1.95 bits per heavy atom. The lowest BCUT2D eigenvalue weighted by atomic mass is 10.2. The number of hydrogen-bond acceptors (Lipinski definition) is 7. The number of nitrogens with one attached hydrogen (secondary N) is 1. The number of likely N-dealkylation sites (N-methyl/N-ethyl adjacent to an activating group) is 1. The minimum atomic E-state index is -3.51. The molecule has 0 aromatic heterocycles. The molecule has 0 aromatic carbocycles. The van der Waals surface area contributed by atoms with Crippen LogP contribution in [0.25, 0.3) is 0 Å². The van der Waals surface area contributed by atoms with Crippen molar-refractivity contribution < 1.29 is 26.9 Å². The maximum atomic E-state index is 10.9. The van der Waals surface area contributed by atoms with Crippen molar-refractivity contribution in [3.05, 3.63) is 0 Å². The summed E-state index contributed by atoms with van der Waals surface area (Å²) in [6.07, 6.45) is 0.189. The zero-order valence-electron chi connectivity index (χ0n) is 12.4. The first-order valence-corrected chi connectivity index (χ1v) is 7.72. The molecule has 0 spiro atoms. The molecule has 0 radical (unpaired) electrons. The highest BCUT2D eigenvalue weighted by molar-refractivity contribution is 7.86. The van der Waals surface area contributed by atoms with Gasteiger partial charge in [-0.25, -0.2) is 4.18 Å². The monoisotopic (exact) mass is 310 g/mol. The molecule has 20 heavy (non-hydrogen) atoms. The molecule has 1 aliphatic heterocycles. The van der Waals surface area contributed by atoms with Crippen molar-refractivity contribution in [2.75, 3.05) is 26.4 Å². The summed E-state index contributed by atoms with van der Waals surface area (Å²) in [6, 6.07) is 0. The fourth-order valence-corrected chi connectivity index (χ4v) is 1.80. The molecule has 1 fully saturated rings. The van der Waals surface area contributed by atoms with E-state index < -0.39 is 16.3 Å². The molecule has 0 bridgehead atoms. The highest BCUT2D eigenvalue weighted by Crippen LogP contribution is 2.03. The molecule has 1 saturated heterocycles. The molecule has 1 rings (SSSR count). The Morgan fingerprint density at radius 3 is 2.25 bits per heavy atom. The number of piperazine rings is 1. The van der Waals surface area contributed by atoms with Crippen LogP contribution in [0.3, 0.4) is 0 Å². The van der Waals surface area contributed by atoms with Gasteiger partial charge in [0.2, 0.25) is 5.91 Å². The van der Waals surface area contributed by atoms with E-state index in [-0.39, 0.29) is 18.1 Å². The van der Waals surface area contributed by atoms with Gasteiger partial charge in [0.15, 0.2) is 6.23 Å². The second-order valence-electron chi connectivity index (χ2n) is 5.38. The quantitative estimate of drug-likeness (QED) is 0.543. The highest BCUT2D eigenvalue weighted by atomic mass is 32.2. The van der Waals surface area contributed by atoms with Crippen LogP contribution in [0.4, 0.5) is 0 Å². The smallest absolute Gasteiger partial charge is 0.293 e. The van der Waals surface area contributed by atoms with E-state index in [1.165, 1.54) is 0 Å². The van der Waals surface area contributed by atoms with Crippen molar-refractivity contribution >= 4 is 22.5 Å². The SMILES string of the molecule is CC(C)(C)OC=O.CN1CC(=O)NC(OS(C)(=O)=O)C1. The molecular formula is C11H22N2O6S. The van der Waals surface area contributed by atoms with Crippen molar-refractivity contribution in [2.45, 2.75) is 32.6 Å². The van der Waals surface area contributed by atoms with Crippen molar-refractivity contribution in [3.8, 4) is 0 Å². The Balaban J connectivity index is 0.000000441. The third-order valence-corrected chi connectivity index (χ3v) is 2.49. The lowest BCUT2D eigenvalue weighted by molar-refractivity contribution is -0.138. The van der Waals surface area contributed by atoms with Gasteiger partial charge >= 0.3 is 0 Å². The number of ether oxygens (including phenoxy) is 1. The molecule has 1 N–H and O–H groups in total. The van der Waals surface area contributed by atoms with Crippen molar-refractivity contribution in [2.24, 2.45) is 0 Å².